The van der Waals surface area contributed by atoms with E-state index in [9.17, 15) is 4.79 Å². The van der Waals surface area contributed by atoms with Crippen LogP contribution in [0, 0.1) is 0 Å². The van der Waals surface area contributed by atoms with Gasteiger partial charge in [0.1, 0.15) is 5.75 Å². The first kappa shape index (κ1) is 18.2. The lowest BCUT2D eigenvalue weighted by molar-refractivity contribution is -0.133. The molecule has 2 aromatic rings. The maximum Gasteiger partial charge on any atom is 0.260 e. The topological polar surface area (TPSA) is 32.8 Å². The van der Waals surface area contributed by atoms with E-state index in [0.717, 1.165) is 42.4 Å². The quantitative estimate of drug-likeness (QED) is 0.800. The Morgan fingerprint density at radius 2 is 1.74 bits per heavy atom. The Balaban J connectivity index is 1.28. The van der Waals surface area contributed by atoms with Crippen LogP contribution in [-0.4, -0.2) is 43.6 Å². The highest BCUT2D eigenvalue weighted by molar-refractivity contribution is 6.30. The molecule has 4 nitrogen and oxygen atoms in total. The van der Waals surface area contributed by atoms with E-state index in [2.05, 4.69) is 23.1 Å². The molecule has 5 heteroatoms. The van der Waals surface area contributed by atoms with E-state index in [-0.39, 0.29) is 12.5 Å². The second-order valence-electron chi connectivity index (χ2n) is 7.27. The van der Waals surface area contributed by atoms with Gasteiger partial charge in [-0.3, -0.25) is 4.79 Å². The number of fused-ring (bicyclic) bond motifs is 1. The van der Waals surface area contributed by atoms with Crippen molar-refractivity contribution in [3.8, 4) is 5.75 Å². The standard InChI is InChI=1S/C22H25ClN2O2/c23-19-6-3-7-20(15-19)24-10-12-25(13-11-24)22(26)16-27-21-9-8-17-4-1-2-5-18(17)14-21/h3,6-9,14-15H,1-2,4-5,10-13,16H2. The number of halogens is 1. The molecule has 2 aromatic carbocycles. The molecule has 1 aliphatic carbocycles. The first-order chi connectivity index (χ1) is 13.2. The highest BCUT2D eigenvalue weighted by atomic mass is 35.5. The van der Waals surface area contributed by atoms with Crippen LogP contribution in [0.25, 0.3) is 0 Å². The van der Waals surface area contributed by atoms with Crippen molar-refractivity contribution in [2.75, 3.05) is 37.7 Å². The smallest absolute Gasteiger partial charge is 0.260 e. The average molecular weight is 385 g/mol. The predicted molar refractivity (Wildman–Crippen MR) is 109 cm³/mol. The molecule has 1 saturated heterocycles. The van der Waals surface area contributed by atoms with Gasteiger partial charge in [-0.2, -0.15) is 0 Å². The normalized spacial score (nSPS) is 16.8. The zero-order chi connectivity index (χ0) is 18.6. The largest absolute Gasteiger partial charge is 0.484 e. The van der Waals surface area contributed by atoms with E-state index in [1.165, 1.54) is 24.0 Å². The first-order valence-electron chi connectivity index (χ1n) is 9.72. The number of nitrogens with zero attached hydrogens (tertiary/aromatic N) is 2. The molecule has 0 radical (unpaired) electrons. The van der Waals surface area contributed by atoms with E-state index >= 15 is 0 Å². The van der Waals surface area contributed by atoms with Gasteiger partial charge < -0.3 is 14.5 Å². The molecule has 0 bridgehead atoms. The van der Waals surface area contributed by atoms with Crippen LogP contribution in [0.4, 0.5) is 5.69 Å². The molecule has 142 valence electrons. The third-order valence-electron chi connectivity index (χ3n) is 5.49. The second kappa shape index (κ2) is 8.22. The summed E-state index contributed by atoms with van der Waals surface area (Å²) in [5, 5.41) is 0.740. The minimum Gasteiger partial charge on any atom is -0.484 e. The van der Waals surface area contributed by atoms with Crippen molar-refractivity contribution in [2.24, 2.45) is 0 Å². The Morgan fingerprint density at radius 1 is 0.963 bits per heavy atom. The molecular formula is C22H25ClN2O2. The molecule has 27 heavy (non-hydrogen) atoms. The minimum atomic E-state index is 0.0541. The van der Waals surface area contributed by atoms with E-state index in [0.29, 0.717) is 13.1 Å². The van der Waals surface area contributed by atoms with Crippen LogP contribution in [0.3, 0.4) is 0 Å². The fourth-order valence-corrected chi connectivity index (χ4v) is 4.11. The van der Waals surface area contributed by atoms with Crippen LogP contribution in [0.5, 0.6) is 5.75 Å². The Labute approximate surface area is 165 Å². The number of piperazine rings is 1. The van der Waals surface area contributed by atoms with Gasteiger partial charge in [-0.25, -0.2) is 0 Å². The summed E-state index contributed by atoms with van der Waals surface area (Å²) in [7, 11) is 0. The molecule has 0 atom stereocenters. The highest BCUT2D eigenvalue weighted by Gasteiger charge is 2.22. The summed E-state index contributed by atoms with van der Waals surface area (Å²) in [6.07, 6.45) is 4.79. The number of hydrogen-bond acceptors (Lipinski definition) is 3. The van der Waals surface area contributed by atoms with E-state index in [4.69, 9.17) is 16.3 Å². The number of aryl methyl sites for hydroxylation is 2. The lowest BCUT2D eigenvalue weighted by atomic mass is 9.92. The summed E-state index contributed by atoms with van der Waals surface area (Å²) in [5.41, 5.74) is 3.92. The first-order valence-corrected chi connectivity index (χ1v) is 10.1. The van der Waals surface area contributed by atoms with Gasteiger partial charge in [0.2, 0.25) is 0 Å². The van der Waals surface area contributed by atoms with Crippen molar-refractivity contribution in [2.45, 2.75) is 25.7 Å². The molecule has 1 fully saturated rings. The fraction of sp³-hybridized carbons (Fsp3) is 0.409. The Hall–Kier alpha value is -2.20. The number of hydrogen-bond donors (Lipinski definition) is 0. The van der Waals surface area contributed by atoms with Crippen molar-refractivity contribution in [3.05, 3.63) is 58.6 Å². The van der Waals surface area contributed by atoms with Crippen molar-refractivity contribution >= 4 is 23.2 Å². The number of carbonyl (C=O) groups is 1. The predicted octanol–water partition coefficient (Wildman–Crippen LogP) is 3.95. The fourth-order valence-electron chi connectivity index (χ4n) is 3.92. The Bertz CT molecular complexity index is 816. The lowest BCUT2D eigenvalue weighted by Crippen LogP contribution is -2.50. The van der Waals surface area contributed by atoms with E-state index in [1.54, 1.807) is 0 Å². The average Bonchev–Trinajstić information content (AvgIpc) is 2.72. The zero-order valence-electron chi connectivity index (χ0n) is 15.5. The molecular weight excluding hydrogens is 360 g/mol. The van der Waals surface area contributed by atoms with Gasteiger partial charge >= 0.3 is 0 Å². The maximum absolute atomic E-state index is 12.5. The molecule has 1 amide bonds. The molecule has 0 N–H and O–H groups in total. The number of ether oxygens (including phenoxy) is 1. The molecule has 2 aliphatic rings. The maximum atomic E-state index is 12.5. The third-order valence-corrected chi connectivity index (χ3v) is 5.72. The van der Waals surface area contributed by atoms with Crippen molar-refractivity contribution < 1.29 is 9.53 Å². The van der Waals surface area contributed by atoms with Crippen molar-refractivity contribution in [1.82, 2.24) is 4.90 Å². The number of anilines is 1. The van der Waals surface area contributed by atoms with Gasteiger partial charge in [0.25, 0.3) is 5.91 Å². The zero-order valence-corrected chi connectivity index (χ0v) is 16.3. The van der Waals surface area contributed by atoms with Gasteiger partial charge in [-0.05, 0) is 67.1 Å². The summed E-state index contributed by atoms with van der Waals surface area (Å²) < 4.78 is 5.79. The summed E-state index contributed by atoms with van der Waals surface area (Å²) in [5.74, 6) is 0.861. The van der Waals surface area contributed by atoms with Crippen LogP contribution in [0.1, 0.15) is 24.0 Å². The minimum absolute atomic E-state index is 0.0541. The number of carbonyl (C=O) groups excluding carboxylic acids is 1. The number of rotatable bonds is 4. The van der Waals surface area contributed by atoms with Crippen molar-refractivity contribution in [3.63, 3.8) is 0 Å². The summed E-state index contributed by atoms with van der Waals surface area (Å²) in [6, 6.07) is 14.1. The summed E-state index contributed by atoms with van der Waals surface area (Å²) >= 11 is 6.08. The van der Waals surface area contributed by atoms with Crippen LogP contribution in [0.2, 0.25) is 5.02 Å². The molecule has 0 saturated carbocycles. The van der Waals surface area contributed by atoms with Gasteiger partial charge in [-0.15, -0.1) is 0 Å². The Morgan fingerprint density at radius 3 is 2.52 bits per heavy atom. The third kappa shape index (κ3) is 4.38. The molecule has 1 aliphatic heterocycles. The summed E-state index contributed by atoms with van der Waals surface area (Å²) in [4.78, 5) is 16.7. The second-order valence-corrected chi connectivity index (χ2v) is 7.71. The lowest BCUT2D eigenvalue weighted by Gasteiger charge is -2.36. The molecule has 0 aromatic heterocycles. The van der Waals surface area contributed by atoms with Crippen LogP contribution in [0.15, 0.2) is 42.5 Å². The van der Waals surface area contributed by atoms with Crippen LogP contribution >= 0.6 is 11.6 Å². The number of benzene rings is 2. The highest BCUT2D eigenvalue weighted by Crippen LogP contribution is 2.25. The molecule has 0 spiro atoms. The van der Waals surface area contributed by atoms with E-state index in [1.807, 2.05) is 29.2 Å². The monoisotopic (exact) mass is 384 g/mol. The van der Waals surface area contributed by atoms with Gasteiger partial charge in [0.05, 0.1) is 0 Å². The van der Waals surface area contributed by atoms with E-state index < -0.39 is 0 Å². The molecule has 0 unspecified atom stereocenters. The van der Waals surface area contributed by atoms with Crippen LogP contribution in [-0.2, 0) is 17.6 Å². The van der Waals surface area contributed by atoms with Gasteiger partial charge in [0, 0.05) is 36.9 Å². The SMILES string of the molecule is O=C(COc1ccc2c(c1)CCCC2)N1CCN(c2cccc(Cl)c2)CC1. The molecule has 1 heterocycles. The van der Waals surface area contributed by atoms with Crippen molar-refractivity contribution in [1.29, 1.82) is 0 Å². The van der Waals surface area contributed by atoms with Crippen LogP contribution < -0.4 is 9.64 Å². The summed E-state index contributed by atoms with van der Waals surface area (Å²) in [6.45, 7) is 3.14. The van der Waals surface area contributed by atoms with Gasteiger partial charge in [-0.1, -0.05) is 23.7 Å². The van der Waals surface area contributed by atoms with Gasteiger partial charge in [0.15, 0.2) is 6.61 Å². The number of amides is 1. The molecule has 4 rings (SSSR count). The Kier molecular flexibility index (Phi) is 5.53.